The Morgan fingerprint density at radius 1 is 1.32 bits per heavy atom. The fraction of sp³-hybridized carbons (Fsp3) is 0.412. The van der Waals surface area contributed by atoms with E-state index in [-0.39, 0.29) is 0 Å². The van der Waals surface area contributed by atoms with E-state index in [0.717, 1.165) is 19.5 Å². The molecule has 102 valence electrons. The van der Waals surface area contributed by atoms with Crippen molar-refractivity contribution >= 4 is 10.9 Å². The largest absolute Gasteiger partial charge is 0.347 e. The van der Waals surface area contributed by atoms with Gasteiger partial charge in [-0.15, -0.1) is 6.58 Å². The van der Waals surface area contributed by atoms with E-state index in [4.69, 9.17) is 0 Å². The minimum Gasteiger partial charge on any atom is -0.347 e. The van der Waals surface area contributed by atoms with Crippen LogP contribution in [0.5, 0.6) is 0 Å². The molecule has 0 saturated heterocycles. The molecule has 0 aliphatic rings. The van der Waals surface area contributed by atoms with Crippen molar-refractivity contribution in [2.45, 2.75) is 46.3 Å². The molecule has 0 radical (unpaired) electrons. The normalized spacial score (nSPS) is 11.4. The second-order valence-corrected chi connectivity index (χ2v) is 5.61. The van der Waals surface area contributed by atoms with Gasteiger partial charge in [-0.1, -0.05) is 37.6 Å². The molecular weight excluding hydrogens is 232 g/mol. The van der Waals surface area contributed by atoms with Gasteiger partial charge in [0.05, 0.1) is 0 Å². The summed E-state index contributed by atoms with van der Waals surface area (Å²) < 4.78 is 2.35. The summed E-state index contributed by atoms with van der Waals surface area (Å²) in [6.07, 6.45) is 3.32. The third-order valence-electron chi connectivity index (χ3n) is 3.35. The zero-order chi connectivity index (χ0) is 13.8. The van der Waals surface area contributed by atoms with E-state index in [9.17, 15) is 0 Å². The molecule has 1 N–H and O–H groups in total. The van der Waals surface area contributed by atoms with Crippen LogP contribution in [-0.2, 0) is 13.1 Å². The molecule has 1 aromatic heterocycles. The second-order valence-electron chi connectivity index (χ2n) is 5.61. The number of para-hydroxylation sites is 1. The van der Waals surface area contributed by atoms with Crippen LogP contribution in [-0.4, -0.2) is 10.6 Å². The average molecular weight is 256 g/mol. The zero-order valence-corrected chi connectivity index (χ0v) is 12.2. The molecule has 0 bridgehead atoms. The highest BCUT2D eigenvalue weighted by atomic mass is 15.0. The summed E-state index contributed by atoms with van der Waals surface area (Å²) in [5, 5.41) is 4.86. The third-order valence-corrected chi connectivity index (χ3v) is 3.35. The highest BCUT2D eigenvalue weighted by Gasteiger charge is 2.08. The van der Waals surface area contributed by atoms with Crippen LogP contribution in [0.1, 0.15) is 32.8 Å². The quantitative estimate of drug-likeness (QED) is 0.770. The Morgan fingerprint density at radius 3 is 2.74 bits per heavy atom. The Labute approximate surface area is 116 Å². The Kier molecular flexibility index (Phi) is 4.43. The van der Waals surface area contributed by atoms with Crippen LogP contribution in [0.25, 0.3) is 10.9 Å². The molecule has 19 heavy (non-hydrogen) atoms. The van der Waals surface area contributed by atoms with Crippen LogP contribution in [0, 0.1) is 0 Å². The van der Waals surface area contributed by atoms with Gasteiger partial charge < -0.3 is 9.88 Å². The number of benzene rings is 1. The fourth-order valence-electron chi connectivity index (χ4n) is 2.27. The van der Waals surface area contributed by atoms with Crippen LogP contribution < -0.4 is 5.32 Å². The predicted molar refractivity (Wildman–Crippen MR) is 83.3 cm³/mol. The summed E-state index contributed by atoms with van der Waals surface area (Å²) in [7, 11) is 0. The summed E-state index contributed by atoms with van der Waals surface area (Å²) in [5.74, 6) is 0. The number of hydrogen-bond acceptors (Lipinski definition) is 1. The van der Waals surface area contributed by atoms with Crippen molar-refractivity contribution in [3.05, 3.63) is 48.2 Å². The number of allylic oxidation sites excluding steroid dienone is 1. The molecule has 2 aromatic rings. The summed E-state index contributed by atoms with van der Waals surface area (Å²) in [6.45, 7) is 12.4. The lowest BCUT2D eigenvalue weighted by Gasteiger charge is -2.06. The van der Waals surface area contributed by atoms with Gasteiger partial charge in [0, 0.05) is 36.2 Å². The van der Waals surface area contributed by atoms with Crippen molar-refractivity contribution in [3.8, 4) is 0 Å². The highest BCUT2D eigenvalue weighted by Crippen LogP contribution is 2.22. The number of rotatable bonds is 6. The topological polar surface area (TPSA) is 17.0 Å². The number of fused-ring (bicyclic) bond motifs is 1. The Bertz CT molecular complexity index is 564. The molecule has 0 aliphatic heterocycles. The highest BCUT2D eigenvalue weighted by molar-refractivity contribution is 5.83. The Morgan fingerprint density at radius 2 is 2.05 bits per heavy atom. The molecule has 1 heterocycles. The van der Waals surface area contributed by atoms with Crippen molar-refractivity contribution in [1.82, 2.24) is 9.88 Å². The molecule has 0 amide bonds. The molecule has 1 aromatic carbocycles. The molecule has 2 rings (SSSR count). The van der Waals surface area contributed by atoms with E-state index in [2.05, 4.69) is 67.7 Å². The van der Waals surface area contributed by atoms with E-state index in [1.807, 2.05) is 0 Å². The van der Waals surface area contributed by atoms with Crippen molar-refractivity contribution < 1.29 is 0 Å². The van der Waals surface area contributed by atoms with Gasteiger partial charge in [-0.05, 0) is 25.0 Å². The maximum Gasteiger partial charge on any atom is 0.0483 e. The molecule has 0 unspecified atom stereocenters. The molecular formula is C17H24N2. The van der Waals surface area contributed by atoms with E-state index in [1.165, 1.54) is 22.0 Å². The lowest BCUT2D eigenvalue weighted by atomic mass is 10.1. The summed E-state index contributed by atoms with van der Waals surface area (Å²) in [6, 6.07) is 9.15. The van der Waals surface area contributed by atoms with Crippen LogP contribution in [0.4, 0.5) is 0 Å². The van der Waals surface area contributed by atoms with Gasteiger partial charge in [-0.25, -0.2) is 0 Å². The van der Waals surface area contributed by atoms with Crippen molar-refractivity contribution in [1.29, 1.82) is 0 Å². The Hall–Kier alpha value is -1.54. The van der Waals surface area contributed by atoms with Crippen molar-refractivity contribution in [3.63, 3.8) is 0 Å². The first kappa shape index (κ1) is 13.9. The molecule has 0 aliphatic carbocycles. The monoisotopic (exact) mass is 256 g/mol. The first-order valence-corrected chi connectivity index (χ1v) is 7.02. The molecule has 2 heteroatoms. The number of nitrogens with zero attached hydrogens (tertiary/aromatic N) is 1. The standard InChI is InChI=1S/C17H24N2/c1-13(2)9-10-19-12-15(11-18-14(3)4)16-7-5-6-8-17(16)19/h5-8,12,14,18H,1,9-11H2,2-4H3. The van der Waals surface area contributed by atoms with Gasteiger partial charge >= 0.3 is 0 Å². The van der Waals surface area contributed by atoms with Crippen LogP contribution in [0.3, 0.4) is 0 Å². The van der Waals surface area contributed by atoms with E-state index in [0.29, 0.717) is 6.04 Å². The minimum atomic E-state index is 0.512. The van der Waals surface area contributed by atoms with Crippen LogP contribution in [0.2, 0.25) is 0 Å². The maximum atomic E-state index is 3.99. The number of nitrogens with one attached hydrogen (secondary N) is 1. The van der Waals surface area contributed by atoms with Gasteiger partial charge in [-0.2, -0.15) is 0 Å². The van der Waals surface area contributed by atoms with Crippen LogP contribution >= 0.6 is 0 Å². The second kappa shape index (κ2) is 6.07. The number of aromatic nitrogens is 1. The molecule has 0 fully saturated rings. The van der Waals surface area contributed by atoms with E-state index in [1.54, 1.807) is 0 Å². The van der Waals surface area contributed by atoms with E-state index < -0.39 is 0 Å². The first-order chi connectivity index (χ1) is 9.08. The summed E-state index contributed by atoms with van der Waals surface area (Å²) in [4.78, 5) is 0. The fourth-order valence-corrected chi connectivity index (χ4v) is 2.27. The van der Waals surface area contributed by atoms with Gasteiger partial charge in [0.2, 0.25) is 0 Å². The molecule has 0 spiro atoms. The van der Waals surface area contributed by atoms with Gasteiger partial charge in [0.1, 0.15) is 0 Å². The predicted octanol–water partition coefficient (Wildman–Crippen LogP) is 4.11. The SMILES string of the molecule is C=C(C)CCn1cc(CNC(C)C)c2ccccc21. The van der Waals surface area contributed by atoms with Crippen molar-refractivity contribution in [2.24, 2.45) is 0 Å². The third kappa shape index (κ3) is 3.48. The van der Waals surface area contributed by atoms with Crippen LogP contribution in [0.15, 0.2) is 42.6 Å². The zero-order valence-electron chi connectivity index (χ0n) is 12.2. The lowest BCUT2D eigenvalue weighted by Crippen LogP contribution is -2.21. The number of hydrogen-bond donors (Lipinski definition) is 1. The smallest absolute Gasteiger partial charge is 0.0483 e. The molecule has 0 saturated carbocycles. The average Bonchev–Trinajstić information content (AvgIpc) is 2.72. The van der Waals surface area contributed by atoms with E-state index >= 15 is 0 Å². The Balaban J connectivity index is 2.28. The summed E-state index contributed by atoms with van der Waals surface area (Å²) in [5.41, 5.74) is 3.94. The summed E-state index contributed by atoms with van der Waals surface area (Å²) >= 11 is 0. The van der Waals surface area contributed by atoms with Gasteiger partial charge in [0.15, 0.2) is 0 Å². The molecule has 0 atom stereocenters. The first-order valence-electron chi connectivity index (χ1n) is 7.02. The maximum absolute atomic E-state index is 3.99. The van der Waals surface area contributed by atoms with Crippen molar-refractivity contribution in [2.75, 3.05) is 0 Å². The lowest BCUT2D eigenvalue weighted by molar-refractivity contribution is 0.588. The molecule has 2 nitrogen and oxygen atoms in total. The minimum absolute atomic E-state index is 0.512. The van der Waals surface area contributed by atoms with Gasteiger partial charge in [0.25, 0.3) is 0 Å². The van der Waals surface area contributed by atoms with Gasteiger partial charge in [-0.3, -0.25) is 0 Å². The number of aryl methyl sites for hydroxylation is 1.